The van der Waals surface area contributed by atoms with Gasteiger partial charge in [-0.05, 0) is 42.5 Å². The van der Waals surface area contributed by atoms with Crippen molar-refractivity contribution in [3.63, 3.8) is 0 Å². The lowest BCUT2D eigenvalue weighted by Gasteiger charge is -2.22. The van der Waals surface area contributed by atoms with Crippen LogP contribution in [0.25, 0.3) is 0 Å². The number of amides is 1. The van der Waals surface area contributed by atoms with Crippen molar-refractivity contribution in [2.75, 3.05) is 29.5 Å². The van der Waals surface area contributed by atoms with Crippen molar-refractivity contribution in [2.45, 2.75) is 0 Å². The van der Waals surface area contributed by atoms with Crippen LogP contribution in [0.15, 0.2) is 48.5 Å². The van der Waals surface area contributed by atoms with E-state index in [0.29, 0.717) is 22.7 Å². The Kier molecular flexibility index (Phi) is 5.62. The van der Waals surface area contributed by atoms with Crippen LogP contribution in [-0.4, -0.2) is 34.2 Å². The number of nitriles is 1. The van der Waals surface area contributed by atoms with Gasteiger partial charge in [-0.1, -0.05) is 6.07 Å². The van der Waals surface area contributed by atoms with E-state index < -0.39 is 15.9 Å². The standard InChI is InChI=1S/C17H17N3O4S/c1-24-16-8-6-15(7-9-16)20(25(2,22)23)12-17(21)19-14-5-3-4-13(10-14)11-18/h3-10H,12H2,1-2H3,(H,19,21). The number of sulfonamides is 1. The van der Waals surface area contributed by atoms with Gasteiger partial charge in [0.1, 0.15) is 12.3 Å². The molecule has 0 heterocycles. The van der Waals surface area contributed by atoms with Gasteiger partial charge in [0, 0.05) is 5.69 Å². The molecule has 0 bridgehead atoms. The highest BCUT2D eigenvalue weighted by Crippen LogP contribution is 2.21. The maximum absolute atomic E-state index is 12.2. The smallest absolute Gasteiger partial charge is 0.245 e. The molecule has 0 aliphatic rings. The Morgan fingerprint density at radius 2 is 1.92 bits per heavy atom. The topological polar surface area (TPSA) is 99.5 Å². The number of anilines is 2. The fraction of sp³-hybridized carbons (Fsp3) is 0.176. The first-order valence-electron chi connectivity index (χ1n) is 7.25. The summed E-state index contributed by atoms with van der Waals surface area (Å²) in [4.78, 5) is 12.2. The van der Waals surface area contributed by atoms with Crippen molar-refractivity contribution < 1.29 is 17.9 Å². The van der Waals surface area contributed by atoms with Gasteiger partial charge in [-0.2, -0.15) is 5.26 Å². The molecule has 2 aromatic rings. The Bertz CT molecular complexity index is 902. The Morgan fingerprint density at radius 1 is 1.24 bits per heavy atom. The molecule has 1 N–H and O–H groups in total. The van der Waals surface area contributed by atoms with E-state index in [1.54, 1.807) is 42.5 Å². The van der Waals surface area contributed by atoms with Crippen molar-refractivity contribution in [1.82, 2.24) is 0 Å². The molecular formula is C17H17N3O4S. The molecule has 0 aliphatic heterocycles. The maximum atomic E-state index is 12.2. The minimum atomic E-state index is -3.66. The number of benzene rings is 2. The Morgan fingerprint density at radius 3 is 2.48 bits per heavy atom. The molecule has 25 heavy (non-hydrogen) atoms. The molecule has 8 heteroatoms. The van der Waals surface area contributed by atoms with Crippen LogP contribution in [0.3, 0.4) is 0 Å². The molecule has 1 amide bonds. The number of nitrogens with one attached hydrogen (secondary N) is 1. The molecule has 0 aliphatic carbocycles. The van der Waals surface area contributed by atoms with Crippen molar-refractivity contribution in [3.8, 4) is 11.8 Å². The van der Waals surface area contributed by atoms with Gasteiger partial charge < -0.3 is 10.1 Å². The molecule has 0 saturated carbocycles. The monoisotopic (exact) mass is 359 g/mol. The van der Waals surface area contributed by atoms with E-state index in [1.807, 2.05) is 6.07 Å². The van der Waals surface area contributed by atoms with Gasteiger partial charge in [-0.15, -0.1) is 0 Å². The molecule has 0 unspecified atom stereocenters. The lowest BCUT2D eigenvalue weighted by molar-refractivity contribution is -0.114. The molecule has 2 aromatic carbocycles. The maximum Gasteiger partial charge on any atom is 0.245 e. The predicted molar refractivity (Wildman–Crippen MR) is 95.0 cm³/mol. The van der Waals surface area contributed by atoms with Gasteiger partial charge in [0.25, 0.3) is 0 Å². The average Bonchev–Trinajstić information content (AvgIpc) is 2.59. The third-order valence-corrected chi connectivity index (χ3v) is 4.46. The molecule has 0 radical (unpaired) electrons. The molecule has 7 nitrogen and oxygen atoms in total. The van der Waals surface area contributed by atoms with Crippen LogP contribution in [0.1, 0.15) is 5.56 Å². The normalized spacial score (nSPS) is 10.6. The Balaban J connectivity index is 2.19. The van der Waals surface area contributed by atoms with Crippen LogP contribution in [-0.2, 0) is 14.8 Å². The number of hydrogen-bond acceptors (Lipinski definition) is 5. The molecular weight excluding hydrogens is 342 g/mol. The second kappa shape index (κ2) is 7.68. The number of carbonyl (C=O) groups excluding carboxylic acids is 1. The van der Waals surface area contributed by atoms with E-state index in [1.165, 1.54) is 13.2 Å². The highest BCUT2D eigenvalue weighted by Gasteiger charge is 2.21. The van der Waals surface area contributed by atoms with Crippen LogP contribution >= 0.6 is 0 Å². The minimum Gasteiger partial charge on any atom is -0.497 e. The summed E-state index contributed by atoms with van der Waals surface area (Å²) in [5.74, 6) is 0.0614. The quantitative estimate of drug-likeness (QED) is 0.850. The van der Waals surface area contributed by atoms with Crippen LogP contribution < -0.4 is 14.4 Å². The summed E-state index contributed by atoms with van der Waals surface area (Å²) >= 11 is 0. The van der Waals surface area contributed by atoms with Gasteiger partial charge in [0.15, 0.2) is 0 Å². The van der Waals surface area contributed by atoms with Gasteiger partial charge in [0.2, 0.25) is 15.9 Å². The van der Waals surface area contributed by atoms with E-state index in [-0.39, 0.29) is 6.54 Å². The van der Waals surface area contributed by atoms with Gasteiger partial charge in [0.05, 0.1) is 30.7 Å². The summed E-state index contributed by atoms with van der Waals surface area (Å²) in [5.41, 5.74) is 1.17. The van der Waals surface area contributed by atoms with Crippen molar-refractivity contribution >= 4 is 27.3 Å². The largest absolute Gasteiger partial charge is 0.497 e. The first kappa shape index (κ1) is 18.3. The fourth-order valence-electron chi connectivity index (χ4n) is 2.15. The van der Waals surface area contributed by atoms with E-state index in [2.05, 4.69) is 5.32 Å². The molecule has 0 fully saturated rings. The highest BCUT2D eigenvalue weighted by molar-refractivity contribution is 7.92. The fourth-order valence-corrected chi connectivity index (χ4v) is 3.00. The van der Waals surface area contributed by atoms with Crippen LogP contribution in [0, 0.1) is 11.3 Å². The van der Waals surface area contributed by atoms with Gasteiger partial charge in [-0.25, -0.2) is 8.42 Å². The second-order valence-electron chi connectivity index (χ2n) is 5.21. The summed E-state index contributed by atoms with van der Waals surface area (Å²) in [6.45, 7) is -0.387. The van der Waals surface area contributed by atoms with E-state index in [0.717, 1.165) is 10.6 Å². The van der Waals surface area contributed by atoms with E-state index in [4.69, 9.17) is 10.00 Å². The van der Waals surface area contributed by atoms with Gasteiger partial charge in [-0.3, -0.25) is 9.10 Å². The highest BCUT2D eigenvalue weighted by atomic mass is 32.2. The second-order valence-corrected chi connectivity index (χ2v) is 7.12. The minimum absolute atomic E-state index is 0.351. The number of ether oxygens (including phenoxy) is 1. The van der Waals surface area contributed by atoms with Crippen molar-refractivity contribution in [2.24, 2.45) is 0 Å². The number of carbonyl (C=O) groups is 1. The summed E-state index contributed by atoms with van der Waals surface area (Å²) in [5, 5.41) is 11.5. The van der Waals surface area contributed by atoms with Crippen LogP contribution in [0.4, 0.5) is 11.4 Å². The zero-order valence-electron chi connectivity index (χ0n) is 13.8. The van der Waals surface area contributed by atoms with E-state index >= 15 is 0 Å². The molecule has 0 spiro atoms. The number of methoxy groups -OCH3 is 1. The molecule has 0 saturated heterocycles. The summed E-state index contributed by atoms with van der Waals surface area (Å²) in [6, 6.07) is 14.7. The molecule has 130 valence electrons. The van der Waals surface area contributed by atoms with Crippen molar-refractivity contribution in [3.05, 3.63) is 54.1 Å². The zero-order chi connectivity index (χ0) is 18.4. The number of hydrogen-bond donors (Lipinski definition) is 1. The molecule has 0 atom stereocenters. The Hall–Kier alpha value is -3.05. The Labute approximate surface area is 146 Å². The van der Waals surface area contributed by atoms with E-state index in [9.17, 15) is 13.2 Å². The summed E-state index contributed by atoms with van der Waals surface area (Å²) in [7, 11) is -2.15. The predicted octanol–water partition coefficient (Wildman–Crippen LogP) is 1.97. The van der Waals surface area contributed by atoms with Crippen molar-refractivity contribution in [1.29, 1.82) is 5.26 Å². The lowest BCUT2D eigenvalue weighted by Crippen LogP contribution is -2.37. The lowest BCUT2D eigenvalue weighted by atomic mass is 10.2. The molecule has 2 rings (SSSR count). The zero-order valence-corrected chi connectivity index (χ0v) is 14.6. The summed E-state index contributed by atoms with van der Waals surface area (Å²) < 4.78 is 30.1. The average molecular weight is 359 g/mol. The SMILES string of the molecule is COc1ccc(N(CC(=O)Nc2cccc(C#N)c2)S(C)(=O)=O)cc1. The van der Waals surface area contributed by atoms with Crippen LogP contribution in [0.5, 0.6) is 5.75 Å². The first-order valence-corrected chi connectivity index (χ1v) is 9.10. The summed E-state index contributed by atoms with van der Waals surface area (Å²) in [6.07, 6.45) is 1.03. The third-order valence-electron chi connectivity index (χ3n) is 3.32. The first-order chi connectivity index (χ1) is 11.8. The number of rotatable bonds is 6. The number of nitrogens with zero attached hydrogens (tertiary/aromatic N) is 2. The third kappa shape index (κ3) is 4.96. The molecule has 0 aromatic heterocycles. The van der Waals surface area contributed by atoms with Crippen LogP contribution in [0.2, 0.25) is 0 Å². The van der Waals surface area contributed by atoms with Gasteiger partial charge >= 0.3 is 0 Å².